The summed E-state index contributed by atoms with van der Waals surface area (Å²) in [6.07, 6.45) is 29.2. The average molecular weight is 262 g/mol. The van der Waals surface area contributed by atoms with E-state index in [4.69, 9.17) is 0 Å². The Bertz CT molecular complexity index is 446. The van der Waals surface area contributed by atoms with E-state index in [1.54, 1.807) is 0 Å². The molecule has 0 fully saturated rings. The van der Waals surface area contributed by atoms with Gasteiger partial charge in [0.2, 0.25) is 0 Å². The minimum absolute atomic E-state index is 0.962. The fourth-order valence-corrected chi connectivity index (χ4v) is 2.47. The van der Waals surface area contributed by atoms with Crippen LogP contribution in [0.15, 0.2) is 94.0 Å². The minimum atomic E-state index is 0.962. The second-order valence-electron chi connectivity index (χ2n) is 3.42. The van der Waals surface area contributed by atoms with E-state index in [9.17, 15) is 0 Å². The van der Waals surface area contributed by atoms with Gasteiger partial charge < -0.3 is 0 Å². The quantitative estimate of drug-likeness (QED) is 0.654. The Morgan fingerprint density at radius 3 is 1.41 bits per heavy atom. The topological polar surface area (TPSA) is 0 Å². The molecule has 0 heterocycles. The van der Waals surface area contributed by atoms with Gasteiger partial charge in [0, 0.05) is 0 Å². The van der Waals surface area contributed by atoms with Gasteiger partial charge >= 0.3 is 109 Å². The van der Waals surface area contributed by atoms with Crippen molar-refractivity contribution in [3.05, 3.63) is 94.0 Å². The zero-order chi connectivity index (χ0) is 11.8. The van der Waals surface area contributed by atoms with E-state index in [0.717, 1.165) is 15.0 Å². The van der Waals surface area contributed by atoms with Crippen molar-refractivity contribution in [2.24, 2.45) is 0 Å². The van der Waals surface area contributed by atoms with Gasteiger partial charge in [-0.1, -0.05) is 0 Å². The van der Waals surface area contributed by atoms with Crippen LogP contribution in [0.1, 0.15) is 0 Å². The molecule has 0 aromatic carbocycles. The van der Waals surface area contributed by atoms with Gasteiger partial charge in [-0.15, -0.1) is 0 Å². The van der Waals surface area contributed by atoms with Gasteiger partial charge in [-0.3, -0.25) is 0 Å². The molecular weight excluding hydrogens is 248 g/mol. The van der Waals surface area contributed by atoms with Crippen LogP contribution in [0.2, 0.25) is 0 Å². The van der Waals surface area contributed by atoms with Crippen LogP contribution in [0.25, 0.3) is 0 Å². The molecule has 0 nitrogen and oxygen atoms in total. The molecule has 0 N–H and O–H groups in total. The molecule has 2 aliphatic rings. The molecule has 0 unspecified atom stereocenters. The van der Waals surface area contributed by atoms with Gasteiger partial charge in [0.05, 0.1) is 0 Å². The second kappa shape index (κ2) is 6.90. The fourth-order valence-electron chi connectivity index (χ4n) is 1.31. The molecule has 2 aliphatic carbocycles. The Balaban J connectivity index is 2.10. The van der Waals surface area contributed by atoms with Crippen molar-refractivity contribution < 1.29 is 15.0 Å². The number of allylic oxidation sites excluding steroid dienone is 16. The summed E-state index contributed by atoms with van der Waals surface area (Å²) in [6.45, 7) is 0. The molecule has 0 saturated carbocycles. The number of hydrogen-bond donors (Lipinski definition) is 0. The standard InChI is InChI=1S/2C8H7.Fe/c2*1-2-4-6-8-7-5-3-1;/h2*1-7H;/b2*2-1-,3-1?,4-2?,5-3-,6-4-,7-5?,8-6?,8-7?;. The second-order valence-corrected chi connectivity index (χ2v) is 4.97. The fraction of sp³-hybridized carbons (Fsp3) is 0. The van der Waals surface area contributed by atoms with Gasteiger partial charge in [0.15, 0.2) is 0 Å². The molecule has 0 amide bonds. The van der Waals surface area contributed by atoms with Crippen LogP contribution in [-0.2, 0) is 15.0 Å². The third-order valence-corrected chi connectivity index (χ3v) is 3.47. The van der Waals surface area contributed by atoms with Crippen molar-refractivity contribution in [2.45, 2.75) is 0 Å². The zero-order valence-electron chi connectivity index (χ0n) is 9.44. The van der Waals surface area contributed by atoms with Crippen LogP contribution < -0.4 is 0 Å². The van der Waals surface area contributed by atoms with E-state index in [0.29, 0.717) is 0 Å². The van der Waals surface area contributed by atoms with Crippen molar-refractivity contribution in [1.29, 1.82) is 0 Å². The monoisotopic (exact) mass is 262 g/mol. The Morgan fingerprint density at radius 2 is 0.882 bits per heavy atom. The molecule has 0 bridgehead atoms. The SMILES string of the molecule is C1=C\C=C/[C]([Fe][C]2=C/C=C\C=C/C=C\2)=C\C=C/1. The molecular formula is C16H14Fe. The van der Waals surface area contributed by atoms with E-state index in [1.165, 1.54) is 8.94 Å². The predicted molar refractivity (Wildman–Crippen MR) is 71.0 cm³/mol. The average Bonchev–Trinajstić information content (AvgIpc) is 2.24. The van der Waals surface area contributed by atoms with Crippen LogP contribution in [0.3, 0.4) is 0 Å². The van der Waals surface area contributed by atoms with E-state index >= 15 is 0 Å². The molecule has 0 aliphatic heterocycles. The summed E-state index contributed by atoms with van der Waals surface area (Å²) in [5.41, 5.74) is 0. The summed E-state index contributed by atoms with van der Waals surface area (Å²) in [5.74, 6) is 0. The Morgan fingerprint density at radius 1 is 0.471 bits per heavy atom. The summed E-state index contributed by atoms with van der Waals surface area (Å²) in [4.78, 5) is 0. The Kier molecular flexibility index (Phi) is 4.84. The van der Waals surface area contributed by atoms with E-state index < -0.39 is 0 Å². The van der Waals surface area contributed by atoms with Crippen molar-refractivity contribution in [2.75, 3.05) is 0 Å². The van der Waals surface area contributed by atoms with E-state index in [-0.39, 0.29) is 0 Å². The van der Waals surface area contributed by atoms with E-state index in [2.05, 4.69) is 72.9 Å². The van der Waals surface area contributed by atoms with Crippen molar-refractivity contribution in [3.8, 4) is 0 Å². The first-order valence-electron chi connectivity index (χ1n) is 5.51. The molecule has 0 aromatic heterocycles. The van der Waals surface area contributed by atoms with Crippen molar-refractivity contribution in [3.63, 3.8) is 0 Å². The Labute approximate surface area is 109 Å². The molecule has 86 valence electrons. The maximum absolute atomic E-state index is 2.16. The zero-order valence-corrected chi connectivity index (χ0v) is 10.5. The summed E-state index contributed by atoms with van der Waals surface area (Å²) < 4.78 is 2.64. The molecule has 0 atom stereocenters. The predicted octanol–water partition coefficient (Wildman–Crippen LogP) is 4.20. The van der Waals surface area contributed by atoms with Crippen molar-refractivity contribution >= 4 is 0 Å². The molecule has 0 saturated heterocycles. The van der Waals surface area contributed by atoms with E-state index in [1.807, 2.05) is 12.2 Å². The molecule has 2 rings (SSSR count). The molecule has 0 aromatic rings. The van der Waals surface area contributed by atoms with Crippen LogP contribution in [-0.4, -0.2) is 0 Å². The molecule has 0 radical (unpaired) electrons. The van der Waals surface area contributed by atoms with Gasteiger partial charge in [0.1, 0.15) is 0 Å². The number of hydrogen-bond acceptors (Lipinski definition) is 0. The first kappa shape index (κ1) is 11.9. The van der Waals surface area contributed by atoms with Gasteiger partial charge in [-0.05, 0) is 0 Å². The third kappa shape index (κ3) is 4.44. The van der Waals surface area contributed by atoms with Gasteiger partial charge in [-0.25, -0.2) is 0 Å². The summed E-state index contributed by atoms with van der Waals surface area (Å²) in [7, 11) is 0. The third-order valence-electron chi connectivity index (χ3n) is 2.10. The normalized spacial score (nSPS) is 35.8. The molecule has 17 heavy (non-hydrogen) atoms. The van der Waals surface area contributed by atoms with Crippen molar-refractivity contribution in [1.82, 2.24) is 0 Å². The first-order valence-corrected chi connectivity index (χ1v) is 6.61. The number of rotatable bonds is 2. The summed E-state index contributed by atoms with van der Waals surface area (Å²) in [6, 6.07) is 0. The maximum atomic E-state index is 2.16. The first-order chi connectivity index (χ1) is 8.45. The summed E-state index contributed by atoms with van der Waals surface area (Å²) in [5, 5.41) is 0. The van der Waals surface area contributed by atoms with Gasteiger partial charge in [-0.2, -0.15) is 0 Å². The Hall–Kier alpha value is -1.56. The summed E-state index contributed by atoms with van der Waals surface area (Å²) >= 11 is 0.962. The van der Waals surface area contributed by atoms with Gasteiger partial charge in [0.25, 0.3) is 0 Å². The van der Waals surface area contributed by atoms with Crippen LogP contribution >= 0.6 is 0 Å². The van der Waals surface area contributed by atoms with Crippen LogP contribution in [0.4, 0.5) is 0 Å². The van der Waals surface area contributed by atoms with Crippen LogP contribution in [0, 0.1) is 0 Å². The van der Waals surface area contributed by atoms with Crippen LogP contribution in [0.5, 0.6) is 0 Å². The molecule has 0 spiro atoms. The molecule has 1 heteroatoms.